The quantitative estimate of drug-likeness (QED) is 0.590. The van der Waals surface area contributed by atoms with E-state index in [1.165, 1.54) is 0 Å². The molecule has 2 aromatic rings. The fourth-order valence-electron chi connectivity index (χ4n) is 2.20. The Bertz CT molecular complexity index is 758. The molecule has 0 saturated heterocycles. The topological polar surface area (TPSA) is 78.4 Å². The van der Waals surface area contributed by atoms with Gasteiger partial charge in [0.1, 0.15) is 0 Å². The maximum atomic E-state index is 12.3. The normalized spacial score (nSPS) is 11.0. The highest BCUT2D eigenvalue weighted by molar-refractivity contribution is 14.1. The van der Waals surface area contributed by atoms with Crippen molar-refractivity contribution in [3.63, 3.8) is 0 Å². The van der Waals surface area contributed by atoms with Gasteiger partial charge in [-0.2, -0.15) is 0 Å². The summed E-state index contributed by atoms with van der Waals surface area (Å²) in [7, 11) is 0. The van der Waals surface area contributed by atoms with Gasteiger partial charge in [-0.15, -0.1) is 0 Å². The number of carbonyl (C=O) groups is 2. The summed E-state index contributed by atoms with van der Waals surface area (Å²) in [6.45, 7) is 3.39. The first-order valence-corrected chi connectivity index (χ1v) is 8.95. The van der Waals surface area contributed by atoms with Crippen LogP contribution in [0.5, 0.6) is 0 Å². The maximum Gasteiger partial charge on any atom is 0.256 e. The number of hydrogen-bond donors (Lipinski definition) is 3. The molecule has 0 fully saturated rings. The summed E-state index contributed by atoms with van der Waals surface area (Å²) >= 11 is 2.13. The summed E-state index contributed by atoms with van der Waals surface area (Å²) in [6.07, 6.45) is 0.217. The highest BCUT2D eigenvalue weighted by Gasteiger charge is 2.19. The van der Waals surface area contributed by atoms with E-state index < -0.39 is 5.54 Å². The first-order chi connectivity index (χ1) is 11.8. The predicted octanol–water partition coefficient (Wildman–Crippen LogP) is 2.97. The van der Waals surface area contributed by atoms with Gasteiger partial charge in [0.15, 0.2) is 0 Å². The fraction of sp³-hybridized carbons (Fsp3) is 0.263. The minimum atomic E-state index is -0.641. The van der Waals surface area contributed by atoms with Crippen molar-refractivity contribution in [2.45, 2.75) is 25.8 Å². The summed E-state index contributed by atoms with van der Waals surface area (Å²) in [6, 6.07) is 14.5. The molecule has 0 saturated carbocycles. The predicted molar refractivity (Wildman–Crippen MR) is 107 cm³/mol. The smallest absolute Gasteiger partial charge is 0.256 e. The third-order valence-corrected chi connectivity index (χ3v) is 4.51. The van der Waals surface area contributed by atoms with Crippen LogP contribution in [0.1, 0.15) is 29.8 Å². The SMILES string of the molecule is CC(C)(CO)NC(=O)Cc1ccc(NC(=O)c2ccccc2I)cc1. The molecular formula is C19H21IN2O3. The fourth-order valence-corrected chi connectivity index (χ4v) is 2.83. The largest absolute Gasteiger partial charge is 0.394 e. The molecule has 6 heteroatoms. The van der Waals surface area contributed by atoms with Crippen LogP contribution in [0, 0.1) is 3.57 Å². The van der Waals surface area contributed by atoms with Crippen molar-refractivity contribution in [2.24, 2.45) is 0 Å². The standard InChI is InChI=1S/C19H21IN2O3/c1-19(2,12-23)22-17(24)11-13-7-9-14(10-8-13)21-18(25)15-5-3-4-6-16(15)20/h3-10,23H,11-12H2,1-2H3,(H,21,25)(H,22,24). The second kappa shape index (κ2) is 8.44. The van der Waals surface area contributed by atoms with Crippen LogP contribution in [0.4, 0.5) is 5.69 Å². The molecule has 3 N–H and O–H groups in total. The molecule has 0 heterocycles. The lowest BCUT2D eigenvalue weighted by molar-refractivity contribution is -0.122. The van der Waals surface area contributed by atoms with E-state index >= 15 is 0 Å². The molecule has 0 atom stereocenters. The number of benzene rings is 2. The molecule has 0 bridgehead atoms. The number of carbonyl (C=O) groups excluding carboxylic acids is 2. The van der Waals surface area contributed by atoms with Gasteiger partial charge in [0.25, 0.3) is 5.91 Å². The number of halogens is 1. The van der Waals surface area contributed by atoms with E-state index in [0.717, 1.165) is 9.13 Å². The molecule has 2 aromatic carbocycles. The summed E-state index contributed by atoms with van der Waals surface area (Å²) in [5.74, 6) is -0.324. The highest BCUT2D eigenvalue weighted by Crippen LogP contribution is 2.15. The third-order valence-electron chi connectivity index (χ3n) is 3.57. The van der Waals surface area contributed by atoms with E-state index in [9.17, 15) is 14.7 Å². The third kappa shape index (κ3) is 5.82. The first kappa shape index (κ1) is 19.4. The van der Waals surface area contributed by atoms with Gasteiger partial charge in [-0.05, 0) is 66.3 Å². The number of aliphatic hydroxyl groups is 1. The Hall–Kier alpha value is -1.93. The molecule has 25 heavy (non-hydrogen) atoms. The second-order valence-corrected chi connectivity index (χ2v) is 7.56. The van der Waals surface area contributed by atoms with Gasteiger partial charge in [0.05, 0.1) is 24.1 Å². The lowest BCUT2D eigenvalue weighted by Gasteiger charge is -2.23. The van der Waals surface area contributed by atoms with Crippen LogP contribution in [0.2, 0.25) is 0 Å². The number of nitrogens with one attached hydrogen (secondary N) is 2. The zero-order valence-electron chi connectivity index (χ0n) is 14.2. The van der Waals surface area contributed by atoms with Crippen molar-refractivity contribution < 1.29 is 14.7 Å². The Morgan fingerprint density at radius 2 is 1.72 bits per heavy atom. The number of rotatable bonds is 6. The van der Waals surface area contributed by atoms with Gasteiger partial charge in [-0.1, -0.05) is 24.3 Å². The second-order valence-electron chi connectivity index (χ2n) is 6.40. The van der Waals surface area contributed by atoms with E-state index in [0.29, 0.717) is 11.3 Å². The van der Waals surface area contributed by atoms with E-state index in [2.05, 4.69) is 33.2 Å². The highest BCUT2D eigenvalue weighted by atomic mass is 127. The van der Waals surface area contributed by atoms with Crippen molar-refractivity contribution in [1.29, 1.82) is 0 Å². The zero-order valence-corrected chi connectivity index (χ0v) is 16.3. The van der Waals surface area contributed by atoms with Gasteiger partial charge in [-0.25, -0.2) is 0 Å². The summed E-state index contributed by atoms with van der Waals surface area (Å²) in [5, 5.41) is 14.8. The molecular weight excluding hydrogens is 431 g/mol. The number of amides is 2. The Morgan fingerprint density at radius 1 is 1.08 bits per heavy atom. The van der Waals surface area contributed by atoms with Crippen molar-refractivity contribution in [1.82, 2.24) is 5.32 Å². The Labute approximate surface area is 161 Å². The van der Waals surface area contributed by atoms with Crippen LogP contribution in [-0.4, -0.2) is 29.1 Å². The van der Waals surface area contributed by atoms with Crippen LogP contribution in [-0.2, 0) is 11.2 Å². The minimum Gasteiger partial charge on any atom is -0.394 e. The van der Waals surface area contributed by atoms with Crippen molar-refractivity contribution >= 4 is 40.1 Å². The van der Waals surface area contributed by atoms with Crippen molar-refractivity contribution in [3.05, 3.63) is 63.2 Å². The molecule has 5 nitrogen and oxygen atoms in total. The van der Waals surface area contributed by atoms with Gasteiger partial charge >= 0.3 is 0 Å². The van der Waals surface area contributed by atoms with Gasteiger partial charge in [-0.3, -0.25) is 9.59 Å². The molecule has 0 radical (unpaired) electrons. The summed E-state index contributed by atoms with van der Waals surface area (Å²) in [5.41, 5.74) is 1.48. The Balaban J connectivity index is 1.97. The molecule has 132 valence electrons. The maximum absolute atomic E-state index is 12.3. The number of anilines is 1. The van der Waals surface area contributed by atoms with Crippen molar-refractivity contribution in [2.75, 3.05) is 11.9 Å². The molecule has 2 amide bonds. The zero-order chi connectivity index (χ0) is 18.4. The van der Waals surface area contributed by atoms with Crippen LogP contribution < -0.4 is 10.6 Å². The monoisotopic (exact) mass is 452 g/mol. The first-order valence-electron chi connectivity index (χ1n) is 7.87. The lowest BCUT2D eigenvalue weighted by atomic mass is 10.1. The minimum absolute atomic E-state index is 0.123. The van der Waals surface area contributed by atoms with Gasteiger partial charge < -0.3 is 15.7 Å². The van der Waals surface area contributed by atoms with Crippen LogP contribution in [0.3, 0.4) is 0 Å². The Kier molecular flexibility index (Phi) is 6.55. The number of aliphatic hydroxyl groups excluding tert-OH is 1. The molecule has 0 aliphatic carbocycles. The van der Waals surface area contributed by atoms with Gasteiger partial charge in [0, 0.05) is 9.26 Å². The van der Waals surface area contributed by atoms with E-state index in [-0.39, 0.29) is 24.8 Å². The molecule has 0 aromatic heterocycles. The molecule has 0 unspecified atom stereocenters. The number of hydrogen-bond acceptors (Lipinski definition) is 3. The van der Waals surface area contributed by atoms with E-state index in [1.54, 1.807) is 44.2 Å². The average molecular weight is 452 g/mol. The lowest BCUT2D eigenvalue weighted by Crippen LogP contribution is -2.46. The van der Waals surface area contributed by atoms with Crippen LogP contribution in [0.25, 0.3) is 0 Å². The summed E-state index contributed by atoms with van der Waals surface area (Å²) in [4.78, 5) is 24.3. The molecule has 0 aliphatic rings. The summed E-state index contributed by atoms with van der Waals surface area (Å²) < 4.78 is 0.886. The van der Waals surface area contributed by atoms with E-state index in [1.807, 2.05) is 18.2 Å². The molecule has 0 aliphatic heterocycles. The average Bonchev–Trinajstić information content (AvgIpc) is 2.56. The molecule has 0 spiro atoms. The van der Waals surface area contributed by atoms with Crippen LogP contribution >= 0.6 is 22.6 Å². The van der Waals surface area contributed by atoms with Gasteiger partial charge in [0.2, 0.25) is 5.91 Å². The van der Waals surface area contributed by atoms with Crippen LogP contribution in [0.15, 0.2) is 48.5 Å². The van der Waals surface area contributed by atoms with E-state index in [4.69, 9.17) is 0 Å². The Morgan fingerprint density at radius 3 is 2.32 bits per heavy atom. The molecule has 2 rings (SSSR count). The van der Waals surface area contributed by atoms with Crippen molar-refractivity contribution in [3.8, 4) is 0 Å².